The van der Waals surface area contributed by atoms with Gasteiger partial charge in [0.05, 0.1) is 0 Å². The third-order valence-electron chi connectivity index (χ3n) is 3.70. The maximum atomic E-state index is 3.33. The van der Waals surface area contributed by atoms with Crippen molar-refractivity contribution in [3.05, 3.63) is 48.0 Å². The molecule has 0 atom stereocenters. The Bertz CT molecular complexity index is 531. The summed E-state index contributed by atoms with van der Waals surface area (Å²) in [5.41, 5.74) is 1.41. The van der Waals surface area contributed by atoms with Gasteiger partial charge in [-0.2, -0.15) is 0 Å². The first-order valence-electron chi connectivity index (χ1n) is 6.68. The zero-order chi connectivity index (χ0) is 12.4. The van der Waals surface area contributed by atoms with Gasteiger partial charge < -0.3 is 10.2 Å². The van der Waals surface area contributed by atoms with Crippen LogP contribution in [-0.2, 0) is 6.54 Å². The number of hydrogen-bond acceptors (Lipinski definition) is 2. The second kappa shape index (κ2) is 5.09. The van der Waals surface area contributed by atoms with Crippen LogP contribution in [0, 0.1) is 5.92 Å². The molecule has 0 aromatic heterocycles. The van der Waals surface area contributed by atoms with Gasteiger partial charge in [0.25, 0.3) is 0 Å². The lowest BCUT2D eigenvalue weighted by Gasteiger charge is -2.31. The van der Waals surface area contributed by atoms with Crippen LogP contribution in [0.15, 0.2) is 42.5 Å². The van der Waals surface area contributed by atoms with Gasteiger partial charge in [-0.05, 0) is 35.4 Å². The van der Waals surface area contributed by atoms with Gasteiger partial charge in [0.1, 0.15) is 0 Å². The summed E-state index contributed by atoms with van der Waals surface area (Å²) < 4.78 is 0. The molecule has 18 heavy (non-hydrogen) atoms. The highest BCUT2D eigenvalue weighted by molar-refractivity contribution is 5.82. The number of benzene rings is 2. The summed E-state index contributed by atoms with van der Waals surface area (Å²) in [5.74, 6) is 0.843. The summed E-state index contributed by atoms with van der Waals surface area (Å²) in [6.07, 6.45) is 0. The van der Waals surface area contributed by atoms with Gasteiger partial charge in [0, 0.05) is 26.2 Å². The third-order valence-corrected chi connectivity index (χ3v) is 3.70. The van der Waals surface area contributed by atoms with Crippen molar-refractivity contribution in [2.75, 3.05) is 26.7 Å². The van der Waals surface area contributed by atoms with Crippen LogP contribution < -0.4 is 5.32 Å². The molecule has 1 heterocycles. The van der Waals surface area contributed by atoms with Gasteiger partial charge >= 0.3 is 0 Å². The summed E-state index contributed by atoms with van der Waals surface area (Å²) in [7, 11) is 2.22. The Morgan fingerprint density at radius 1 is 1.11 bits per heavy atom. The van der Waals surface area contributed by atoms with Gasteiger partial charge in [0.15, 0.2) is 0 Å². The van der Waals surface area contributed by atoms with Crippen molar-refractivity contribution in [2.45, 2.75) is 6.54 Å². The fourth-order valence-electron chi connectivity index (χ4n) is 2.63. The van der Waals surface area contributed by atoms with E-state index >= 15 is 0 Å². The van der Waals surface area contributed by atoms with Crippen LogP contribution in [-0.4, -0.2) is 31.6 Å². The highest BCUT2D eigenvalue weighted by Crippen LogP contribution is 2.17. The number of rotatable bonds is 4. The molecule has 1 fully saturated rings. The second-order valence-corrected chi connectivity index (χ2v) is 5.40. The SMILES string of the molecule is CN(Cc1ccc2ccccc2c1)CC1CNC1. The molecule has 2 aromatic carbocycles. The standard InChI is InChI=1S/C16H20N2/c1-18(12-14-9-17-10-14)11-13-6-7-15-4-2-3-5-16(15)8-13/h2-8,14,17H,9-12H2,1H3. The van der Waals surface area contributed by atoms with Gasteiger partial charge in [0.2, 0.25) is 0 Å². The normalized spacial score (nSPS) is 16.1. The molecule has 0 saturated carbocycles. The highest BCUT2D eigenvalue weighted by Gasteiger charge is 2.18. The molecular weight excluding hydrogens is 220 g/mol. The van der Waals surface area contributed by atoms with Crippen molar-refractivity contribution < 1.29 is 0 Å². The number of nitrogens with one attached hydrogen (secondary N) is 1. The minimum absolute atomic E-state index is 0.843. The van der Waals surface area contributed by atoms with E-state index in [-0.39, 0.29) is 0 Å². The molecule has 2 heteroatoms. The molecule has 0 bridgehead atoms. The Labute approximate surface area is 109 Å². The summed E-state index contributed by atoms with van der Waals surface area (Å²) >= 11 is 0. The van der Waals surface area contributed by atoms with Gasteiger partial charge in [-0.1, -0.05) is 36.4 Å². The number of fused-ring (bicyclic) bond motifs is 1. The van der Waals surface area contributed by atoms with E-state index in [1.54, 1.807) is 0 Å². The molecule has 94 valence electrons. The molecule has 0 radical (unpaired) electrons. The van der Waals surface area contributed by atoms with E-state index in [1.165, 1.54) is 36.0 Å². The monoisotopic (exact) mass is 240 g/mol. The topological polar surface area (TPSA) is 15.3 Å². The molecule has 3 rings (SSSR count). The largest absolute Gasteiger partial charge is 0.316 e. The van der Waals surface area contributed by atoms with Crippen LogP contribution in [0.1, 0.15) is 5.56 Å². The fraction of sp³-hybridized carbons (Fsp3) is 0.375. The van der Waals surface area contributed by atoms with Crippen LogP contribution in [0.4, 0.5) is 0 Å². The number of hydrogen-bond donors (Lipinski definition) is 1. The first kappa shape index (κ1) is 11.7. The molecule has 1 N–H and O–H groups in total. The highest BCUT2D eigenvalue weighted by atomic mass is 15.1. The summed E-state index contributed by atoms with van der Waals surface area (Å²) in [5, 5.41) is 6.00. The van der Waals surface area contributed by atoms with Crippen LogP contribution in [0.25, 0.3) is 10.8 Å². The average molecular weight is 240 g/mol. The lowest BCUT2D eigenvalue weighted by molar-refractivity contribution is 0.219. The molecule has 0 unspecified atom stereocenters. The molecule has 0 spiro atoms. The van der Waals surface area contributed by atoms with E-state index in [2.05, 4.69) is 59.7 Å². The second-order valence-electron chi connectivity index (χ2n) is 5.40. The van der Waals surface area contributed by atoms with Crippen LogP contribution >= 0.6 is 0 Å². The van der Waals surface area contributed by atoms with E-state index in [4.69, 9.17) is 0 Å². The van der Waals surface area contributed by atoms with E-state index in [9.17, 15) is 0 Å². The van der Waals surface area contributed by atoms with Gasteiger partial charge in [-0.3, -0.25) is 0 Å². The van der Waals surface area contributed by atoms with E-state index in [0.717, 1.165) is 12.5 Å². The summed E-state index contributed by atoms with van der Waals surface area (Å²) in [6, 6.07) is 15.3. The zero-order valence-electron chi connectivity index (χ0n) is 10.9. The Hall–Kier alpha value is -1.38. The van der Waals surface area contributed by atoms with Gasteiger partial charge in [-0.25, -0.2) is 0 Å². The van der Waals surface area contributed by atoms with Crippen molar-refractivity contribution in [3.63, 3.8) is 0 Å². The number of nitrogens with zero attached hydrogens (tertiary/aromatic N) is 1. The van der Waals surface area contributed by atoms with Crippen molar-refractivity contribution in [1.82, 2.24) is 10.2 Å². The van der Waals surface area contributed by atoms with Gasteiger partial charge in [-0.15, -0.1) is 0 Å². The maximum Gasteiger partial charge on any atom is 0.0231 e. The molecule has 1 aliphatic rings. The zero-order valence-corrected chi connectivity index (χ0v) is 10.9. The third kappa shape index (κ3) is 2.55. The molecule has 2 aromatic rings. The minimum Gasteiger partial charge on any atom is -0.316 e. The van der Waals surface area contributed by atoms with Crippen molar-refractivity contribution in [1.29, 1.82) is 0 Å². The first-order chi connectivity index (χ1) is 8.81. The van der Waals surface area contributed by atoms with E-state index in [1.807, 2.05) is 0 Å². The fourth-order valence-corrected chi connectivity index (χ4v) is 2.63. The lowest BCUT2D eigenvalue weighted by Crippen LogP contribution is -2.47. The summed E-state index contributed by atoms with van der Waals surface area (Å²) in [6.45, 7) is 4.60. The Morgan fingerprint density at radius 2 is 1.89 bits per heavy atom. The lowest BCUT2D eigenvalue weighted by atomic mass is 10.0. The van der Waals surface area contributed by atoms with Crippen molar-refractivity contribution in [2.24, 2.45) is 5.92 Å². The van der Waals surface area contributed by atoms with Crippen LogP contribution in [0.3, 0.4) is 0 Å². The first-order valence-corrected chi connectivity index (χ1v) is 6.68. The van der Waals surface area contributed by atoms with Crippen LogP contribution in [0.2, 0.25) is 0 Å². The predicted molar refractivity (Wildman–Crippen MR) is 76.6 cm³/mol. The molecule has 2 nitrogen and oxygen atoms in total. The Kier molecular flexibility index (Phi) is 3.31. The molecule has 1 saturated heterocycles. The van der Waals surface area contributed by atoms with Crippen molar-refractivity contribution >= 4 is 10.8 Å². The quantitative estimate of drug-likeness (QED) is 0.883. The Morgan fingerprint density at radius 3 is 2.61 bits per heavy atom. The maximum absolute atomic E-state index is 3.33. The predicted octanol–water partition coefficient (Wildman–Crippen LogP) is 2.49. The molecular formula is C16H20N2. The molecule has 1 aliphatic heterocycles. The molecule has 0 aliphatic carbocycles. The van der Waals surface area contributed by atoms with Crippen molar-refractivity contribution in [3.8, 4) is 0 Å². The minimum atomic E-state index is 0.843. The molecule has 0 amide bonds. The average Bonchev–Trinajstić information content (AvgIpc) is 2.34. The van der Waals surface area contributed by atoms with Crippen LogP contribution in [0.5, 0.6) is 0 Å². The summed E-state index contributed by atoms with van der Waals surface area (Å²) in [4.78, 5) is 2.43. The smallest absolute Gasteiger partial charge is 0.0231 e. The van der Waals surface area contributed by atoms with E-state index < -0.39 is 0 Å². The van der Waals surface area contributed by atoms with E-state index in [0.29, 0.717) is 0 Å². The Balaban J connectivity index is 1.69.